The molecule has 0 spiro atoms. The van der Waals surface area contributed by atoms with Gasteiger partial charge in [-0.2, -0.15) is 0 Å². The van der Waals surface area contributed by atoms with Crippen molar-refractivity contribution >= 4 is 11.9 Å². The molecule has 3 aliphatic heterocycles. The first-order valence-corrected chi connectivity index (χ1v) is 9.54. The fourth-order valence-corrected chi connectivity index (χ4v) is 4.41. The molecule has 3 aliphatic rings. The van der Waals surface area contributed by atoms with Gasteiger partial charge in [0.1, 0.15) is 5.82 Å². The Bertz CT molecular complexity index is 760. The zero-order valence-corrected chi connectivity index (χ0v) is 15.5. The van der Waals surface area contributed by atoms with Crippen LogP contribution in [0.15, 0.2) is 36.4 Å². The van der Waals surface area contributed by atoms with Gasteiger partial charge in [0.25, 0.3) is 0 Å². The van der Waals surface area contributed by atoms with Crippen molar-refractivity contribution in [2.75, 3.05) is 6.54 Å². The lowest BCUT2D eigenvalue weighted by Gasteiger charge is -2.31. The molecule has 27 heavy (non-hydrogen) atoms. The number of nitrogens with zero attached hydrogens (tertiary/aromatic N) is 1. The van der Waals surface area contributed by atoms with E-state index < -0.39 is 12.0 Å². The molecule has 6 heteroatoms. The number of amides is 1. The van der Waals surface area contributed by atoms with E-state index in [1.165, 1.54) is 12.1 Å². The SMILES string of the molecule is CC(C)OC(=O)[C@@H]1CCN(C(=O)[C@@H]2C[C@H]3C=C[C@@H]2O3)[C@@H]1c1ccc(F)cc1. The van der Waals surface area contributed by atoms with Crippen LogP contribution in [0.4, 0.5) is 4.39 Å². The van der Waals surface area contributed by atoms with Gasteiger partial charge in [0, 0.05) is 6.54 Å². The van der Waals surface area contributed by atoms with Gasteiger partial charge >= 0.3 is 5.97 Å². The molecule has 0 saturated carbocycles. The van der Waals surface area contributed by atoms with Crippen LogP contribution in [-0.4, -0.2) is 41.6 Å². The third kappa shape index (κ3) is 3.38. The predicted molar refractivity (Wildman–Crippen MR) is 96.1 cm³/mol. The molecule has 5 nitrogen and oxygen atoms in total. The number of fused-ring (bicyclic) bond motifs is 2. The van der Waals surface area contributed by atoms with E-state index in [0.29, 0.717) is 19.4 Å². The molecule has 1 aromatic carbocycles. The lowest BCUT2D eigenvalue weighted by atomic mass is 9.90. The number of hydrogen-bond donors (Lipinski definition) is 0. The molecular formula is C21H24FNO4. The van der Waals surface area contributed by atoms with Gasteiger partial charge in [0.05, 0.1) is 36.2 Å². The summed E-state index contributed by atoms with van der Waals surface area (Å²) in [6.45, 7) is 4.10. The highest BCUT2D eigenvalue weighted by Crippen LogP contribution is 2.42. The minimum Gasteiger partial charge on any atom is -0.463 e. The highest BCUT2D eigenvalue weighted by atomic mass is 19.1. The molecule has 4 rings (SSSR count). The Hall–Kier alpha value is -2.21. The van der Waals surface area contributed by atoms with Crippen molar-refractivity contribution in [2.45, 2.75) is 51.0 Å². The standard InChI is InChI=1S/C21H24FNO4/c1-12(2)26-21(25)16-9-10-23(19(16)13-3-5-14(22)6-4-13)20(24)17-11-15-7-8-18(17)27-15/h3-8,12,15-19H,9-11H2,1-2H3/t15-,16-,17-,18+,19-/m1/s1. The lowest BCUT2D eigenvalue weighted by Crippen LogP contribution is -2.40. The lowest BCUT2D eigenvalue weighted by molar-refractivity contribution is -0.154. The normalized spacial score (nSPS) is 31.7. The van der Waals surface area contributed by atoms with Crippen LogP contribution in [0.5, 0.6) is 0 Å². The molecule has 1 amide bonds. The highest BCUT2D eigenvalue weighted by Gasteiger charge is 2.48. The van der Waals surface area contributed by atoms with Gasteiger partial charge in [0.2, 0.25) is 5.91 Å². The summed E-state index contributed by atoms with van der Waals surface area (Å²) in [6, 6.07) is 5.60. The van der Waals surface area contributed by atoms with E-state index in [2.05, 4.69) is 0 Å². The summed E-state index contributed by atoms with van der Waals surface area (Å²) in [4.78, 5) is 27.7. The maximum atomic E-state index is 13.4. The van der Waals surface area contributed by atoms with Crippen LogP contribution in [-0.2, 0) is 19.1 Å². The first-order chi connectivity index (χ1) is 12.9. The molecule has 0 unspecified atom stereocenters. The number of esters is 1. The Balaban J connectivity index is 1.61. The summed E-state index contributed by atoms with van der Waals surface area (Å²) in [5.41, 5.74) is 0.757. The summed E-state index contributed by atoms with van der Waals surface area (Å²) in [6.07, 6.45) is 4.77. The third-order valence-corrected chi connectivity index (χ3v) is 5.59. The van der Waals surface area contributed by atoms with Gasteiger partial charge < -0.3 is 14.4 Å². The molecule has 0 aromatic heterocycles. The van der Waals surface area contributed by atoms with Crippen LogP contribution in [0.2, 0.25) is 0 Å². The number of carbonyl (C=O) groups is 2. The first-order valence-electron chi connectivity index (χ1n) is 9.54. The second-order valence-electron chi connectivity index (χ2n) is 7.78. The Morgan fingerprint density at radius 1 is 1.19 bits per heavy atom. The highest BCUT2D eigenvalue weighted by molar-refractivity contribution is 5.83. The maximum absolute atomic E-state index is 13.4. The third-order valence-electron chi connectivity index (χ3n) is 5.59. The quantitative estimate of drug-likeness (QED) is 0.601. The predicted octanol–water partition coefficient (Wildman–Crippen LogP) is 3.01. The number of benzene rings is 1. The zero-order valence-electron chi connectivity index (χ0n) is 15.5. The Kier molecular flexibility index (Phi) is 4.76. The summed E-state index contributed by atoms with van der Waals surface area (Å²) in [5, 5.41) is 0. The molecule has 144 valence electrons. The van der Waals surface area contributed by atoms with E-state index in [4.69, 9.17) is 9.47 Å². The van der Waals surface area contributed by atoms with Crippen molar-refractivity contribution in [1.82, 2.24) is 4.90 Å². The smallest absolute Gasteiger partial charge is 0.311 e. The fourth-order valence-electron chi connectivity index (χ4n) is 4.41. The minimum atomic E-state index is -0.447. The van der Waals surface area contributed by atoms with Crippen molar-refractivity contribution in [2.24, 2.45) is 11.8 Å². The van der Waals surface area contributed by atoms with Crippen molar-refractivity contribution in [3.8, 4) is 0 Å². The molecule has 0 radical (unpaired) electrons. The van der Waals surface area contributed by atoms with Crippen molar-refractivity contribution in [3.05, 3.63) is 47.8 Å². The number of halogens is 1. The topological polar surface area (TPSA) is 55.8 Å². The molecule has 2 saturated heterocycles. The van der Waals surface area contributed by atoms with Crippen LogP contribution in [0.3, 0.4) is 0 Å². The van der Waals surface area contributed by atoms with Gasteiger partial charge in [-0.05, 0) is 44.4 Å². The largest absolute Gasteiger partial charge is 0.463 e. The van der Waals surface area contributed by atoms with Gasteiger partial charge in [-0.25, -0.2) is 4.39 Å². The number of hydrogen-bond acceptors (Lipinski definition) is 4. The summed E-state index contributed by atoms with van der Waals surface area (Å²) in [7, 11) is 0. The van der Waals surface area contributed by atoms with Gasteiger partial charge in [-0.1, -0.05) is 24.3 Å². The van der Waals surface area contributed by atoms with Crippen LogP contribution in [0.25, 0.3) is 0 Å². The van der Waals surface area contributed by atoms with Crippen molar-refractivity contribution in [3.63, 3.8) is 0 Å². The van der Waals surface area contributed by atoms with Crippen LogP contribution < -0.4 is 0 Å². The van der Waals surface area contributed by atoms with Crippen molar-refractivity contribution < 1.29 is 23.5 Å². The molecule has 2 fully saturated rings. The number of ether oxygens (including phenoxy) is 2. The Morgan fingerprint density at radius 2 is 1.93 bits per heavy atom. The second-order valence-corrected chi connectivity index (χ2v) is 7.78. The summed E-state index contributed by atoms with van der Waals surface area (Å²) in [5.74, 6) is -1.32. The van der Waals surface area contributed by atoms with Crippen molar-refractivity contribution in [1.29, 1.82) is 0 Å². The molecule has 0 aliphatic carbocycles. The summed E-state index contributed by atoms with van der Waals surface area (Å²) >= 11 is 0. The number of rotatable bonds is 4. The first kappa shape index (κ1) is 18.2. The van der Waals surface area contributed by atoms with E-state index in [0.717, 1.165) is 5.56 Å². The van der Waals surface area contributed by atoms with Crippen LogP contribution >= 0.6 is 0 Å². The fraction of sp³-hybridized carbons (Fsp3) is 0.524. The zero-order chi connectivity index (χ0) is 19.1. The van der Waals surface area contributed by atoms with Crippen LogP contribution in [0.1, 0.15) is 38.3 Å². The van der Waals surface area contributed by atoms with E-state index in [-0.39, 0.29) is 41.9 Å². The van der Waals surface area contributed by atoms with Gasteiger partial charge in [-0.15, -0.1) is 0 Å². The molecule has 1 aromatic rings. The Labute approximate surface area is 158 Å². The number of carbonyl (C=O) groups excluding carboxylic acids is 2. The van der Waals surface area contributed by atoms with Gasteiger partial charge in [-0.3, -0.25) is 9.59 Å². The molecule has 5 atom stereocenters. The molecule has 2 bridgehead atoms. The van der Waals surface area contributed by atoms with E-state index in [1.807, 2.05) is 26.0 Å². The molecule has 0 N–H and O–H groups in total. The van der Waals surface area contributed by atoms with E-state index >= 15 is 0 Å². The van der Waals surface area contributed by atoms with E-state index in [9.17, 15) is 14.0 Å². The minimum absolute atomic E-state index is 0.000946. The molecular weight excluding hydrogens is 349 g/mol. The van der Waals surface area contributed by atoms with E-state index in [1.54, 1.807) is 17.0 Å². The second kappa shape index (κ2) is 7.08. The molecule has 3 heterocycles. The monoisotopic (exact) mass is 373 g/mol. The average molecular weight is 373 g/mol. The Morgan fingerprint density at radius 3 is 2.52 bits per heavy atom. The number of likely N-dealkylation sites (tertiary alicyclic amines) is 1. The average Bonchev–Trinajstić information content (AvgIpc) is 3.36. The summed E-state index contributed by atoms with van der Waals surface area (Å²) < 4.78 is 24.6. The van der Waals surface area contributed by atoms with Crippen LogP contribution in [0, 0.1) is 17.7 Å². The maximum Gasteiger partial charge on any atom is 0.311 e. The van der Waals surface area contributed by atoms with Gasteiger partial charge in [0.15, 0.2) is 0 Å².